The summed E-state index contributed by atoms with van der Waals surface area (Å²) in [5, 5.41) is 6.68. The molecular formula is C19H21Cl2N3O2S. The van der Waals surface area contributed by atoms with E-state index in [1.54, 1.807) is 12.1 Å². The fourth-order valence-corrected chi connectivity index (χ4v) is 5.74. The van der Waals surface area contributed by atoms with Crippen molar-refractivity contribution in [2.45, 2.75) is 49.8 Å². The summed E-state index contributed by atoms with van der Waals surface area (Å²) in [6.07, 6.45) is 6.72. The zero-order chi connectivity index (χ0) is 19.0. The van der Waals surface area contributed by atoms with Gasteiger partial charge in [-0.3, -0.25) is 19.4 Å². The summed E-state index contributed by atoms with van der Waals surface area (Å²) >= 11 is 13.9. The van der Waals surface area contributed by atoms with Gasteiger partial charge in [-0.05, 0) is 30.5 Å². The van der Waals surface area contributed by atoms with Gasteiger partial charge in [-0.2, -0.15) is 0 Å². The number of aromatic nitrogens is 2. The average Bonchev–Trinajstić information content (AvgIpc) is 2.83. The lowest BCUT2D eigenvalue weighted by Crippen LogP contribution is -2.19. The van der Waals surface area contributed by atoms with E-state index in [1.807, 2.05) is 10.7 Å². The number of fused-ring (bicyclic) bond motifs is 1. The number of benzene rings is 1. The Morgan fingerprint density at radius 3 is 2.52 bits per heavy atom. The van der Waals surface area contributed by atoms with Gasteiger partial charge in [0.2, 0.25) is 5.91 Å². The van der Waals surface area contributed by atoms with Gasteiger partial charge < -0.3 is 5.32 Å². The molecule has 144 valence electrons. The van der Waals surface area contributed by atoms with Crippen LogP contribution in [-0.2, 0) is 4.79 Å². The van der Waals surface area contributed by atoms with Crippen molar-refractivity contribution in [3.63, 3.8) is 0 Å². The molecule has 0 saturated heterocycles. The highest BCUT2D eigenvalue weighted by molar-refractivity contribution is 8.00. The van der Waals surface area contributed by atoms with E-state index in [4.69, 9.17) is 23.2 Å². The molecule has 1 fully saturated rings. The lowest BCUT2D eigenvalue weighted by Gasteiger charge is -2.20. The maximum Gasteiger partial charge on any atom is 0.270 e. The van der Waals surface area contributed by atoms with E-state index in [2.05, 4.69) is 10.4 Å². The number of hydrogen-bond acceptors (Lipinski definition) is 3. The van der Waals surface area contributed by atoms with E-state index in [0.29, 0.717) is 21.4 Å². The molecule has 0 bridgehead atoms. The Balaban J connectivity index is 1.82. The standard InChI is InChI=1S/C19H21Cl2N3O2S/c20-11-7-8-13(14(21)9-11)17-16-18(22-15(25)10-27-17)24(23-19(16)26)12-5-3-1-2-4-6-12/h7-9,12,17H,1-6,10H2,(H,22,25)(H,23,26). The number of anilines is 1. The van der Waals surface area contributed by atoms with Crippen LogP contribution in [-0.4, -0.2) is 21.4 Å². The van der Waals surface area contributed by atoms with Crippen molar-refractivity contribution in [1.29, 1.82) is 0 Å². The van der Waals surface area contributed by atoms with E-state index in [-0.39, 0.29) is 28.5 Å². The SMILES string of the molecule is O=C1CSC(c2ccc(Cl)cc2Cl)c2c(n(C3CCCCCC3)[nH]c2=O)N1. The van der Waals surface area contributed by atoms with E-state index in [1.165, 1.54) is 24.6 Å². The Kier molecular flexibility index (Phi) is 5.58. The van der Waals surface area contributed by atoms with Gasteiger partial charge in [0, 0.05) is 10.0 Å². The monoisotopic (exact) mass is 425 g/mol. The van der Waals surface area contributed by atoms with Crippen molar-refractivity contribution < 1.29 is 4.79 Å². The summed E-state index contributed by atoms with van der Waals surface area (Å²) in [5.74, 6) is 0.760. The van der Waals surface area contributed by atoms with Crippen LogP contribution in [0.5, 0.6) is 0 Å². The molecule has 2 aromatic rings. The zero-order valence-corrected chi connectivity index (χ0v) is 17.1. The first kappa shape index (κ1) is 19.0. The van der Waals surface area contributed by atoms with Gasteiger partial charge in [-0.15, -0.1) is 11.8 Å². The number of H-pyrrole nitrogens is 1. The topological polar surface area (TPSA) is 66.9 Å². The maximum atomic E-state index is 12.9. The highest BCUT2D eigenvalue weighted by Gasteiger charge is 2.33. The van der Waals surface area contributed by atoms with Gasteiger partial charge in [0.05, 0.1) is 22.6 Å². The third-order valence-corrected chi connectivity index (χ3v) is 7.11. The first-order valence-corrected chi connectivity index (χ1v) is 11.1. The van der Waals surface area contributed by atoms with Gasteiger partial charge in [0.15, 0.2) is 0 Å². The first-order chi connectivity index (χ1) is 13.0. The summed E-state index contributed by atoms with van der Waals surface area (Å²) in [7, 11) is 0. The summed E-state index contributed by atoms with van der Waals surface area (Å²) in [6, 6.07) is 5.48. The number of nitrogens with zero attached hydrogens (tertiary/aromatic N) is 1. The molecule has 0 spiro atoms. The van der Waals surface area contributed by atoms with Gasteiger partial charge in [0.1, 0.15) is 5.82 Å². The summed E-state index contributed by atoms with van der Waals surface area (Å²) in [6.45, 7) is 0. The number of carbonyl (C=O) groups excluding carboxylic acids is 1. The van der Waals surface area contributed by atoms with Crippen molar-refractivity contribution in [3.05, 3.63) is 49.7 Å². The highest BCUT2D eigenvalue weighted by Crippen LogP contribution is 2.44. The van der Waals surface area contributed by atoms with E-state index < -0.39 is 0 Å². The largest absolute Gasteiger partial charge is 0.310 e. The lowest BCUT2D eigenvalue weighted by atomic mass is 10.1. The Morgan fingerprint density at radius 1 is 1.07 bits per heavy atom. The van der Waals surface area contributed by atoms with Gasteiger partial charge in [-0.1, -0.05) is 55.0 Å². The van der Waals surface area contributed by atoms with Crippen LogP contribution >= 0.6 is 35.0 Å². The summed E-state index contributed by atoms with van der Waals surface area (Å²) < 4.78 is 1.89. The Labute approximate surface area is 171 Å². The molecule has 2 aliphatic rings. The second kappa shape index (κ2) is 7.94. The molecule has 8 heteroatoms. The lowest BCUT2D eigenvalue weighted by molar-refractivity contribution is -0.113. The molecule has 1 aromatic heterocycles. The molecule has 1 amide bonds. The molecule has 1 aliphatic heterocycles. The Bertz CT molecular complexity index is 916. The number of aromatic amines is 1. The van der Waals surface area contributed by atoms with E-state index >= 15 is 0 Å². The van der Waals surface area contributed by atoms with E-state index in [9.17, 15) is 9.59 Å². The number of nitrogens with one attached hydrogen (secondary N) is 2. The summed E-state index contributed by atoms with van der Waals surface area (Å²) in [5.41, 5.74) is 1.20. The van der Waals surface area contributed by atoms with Crippen LogP contribution in [0.3, 0.4) is 0 Å². The number of carbonyl (C=O) groups is 1. The van der Waals surface area contributed by atoms with Crippen molar-refractivity contribution in [1.82, 2.24) is 9.78 Å². The Hall–Kier alpha value is -1.37. The molecule has 1 aliphatic carbocycles. The third kappa shape index (κ3) is 3.80. The van der Waals surface area contributed by atoms with Crippen molar-refractivity contribution in [2.24, 2.45) is 0 Å². The molecule has 27 heavy (non-hydrogen) atoms. The van der Waals surface area contributed by atoms with Gasteiger partial charge in [-0.25, -0.2) is 0 Å². The minimum absolute atomic E-state index is 0.102. The molecule has 2 heterocycles. The molecular weight excluding hydrogens is 405 g/mol. The fourth-order valence-electron chi connectivity index (χ4n) is 3.99. The minimum Gasteiger partial charge on any atom is -0.310 e. The average molecular weight is 426 g/mol. The number of hydrogen-bond donors (Lipinski definition) is 2. The van der Waals surface area contributed by atoms with Crippen molar-refractivity contribution in [3.8, 4) is 0 Å². The van der Waals surface area contributed by atoms with Crippen LogP contribution in [0.15, 0.2) is 23.0 Å². The predicted molar refractivity (Wildman–Crippen MR) is 111 cm³/mol. The number of thioether (sulfide) groups is 1. The molecule has 0 radical (unpaired) electrons. The zero-order valence-electron chi connectivity index (χ0n) is 14.8. The normalized spacial score (nSPS) is 21.3. The second-order valence-corrected chi connectivity index (χ2v) is 9.06. The van der Waals surface area contributed by atoms with Crippen LogP contribution in [0, 0.1) is 0 Å². The van der Waals surface area contributed by atoms with Crippen molar-refractivity contribution >= 4 is 46.7 Å². The molecule has 1 unspecified atom stereocenters. The smallest absolute Gasteiger partial charge is 0.270 e. The molecule has 2 N–H and O–H groups in total. The van der Waals surface area contributed by atoms with E-state index in [0.717, 1.165) is 31.2 Å². The second-order valence-electron chi connectivity index (χ2n) is 7.12. The van der Waals surface area contributed by atoms with Crippen molar-refractivity contribution in [2.75, 3.05) is 11.1 Å². The number of rotatable bonds is 2. The first-order valence-electron chi connectivity index (χ1n) is 9.25. The Morgan fingerprint density at radius 2 is 1.81 bits per heavy atom. The predicted octanol–water partition coefficient (Wildman–Crippen LogP) is 5.15. The van der Waals surface area contributed by atoms with Crippen LogP contribution in [0.1, 0.15) is 60.9 Å². The minimum atomic E-state index is -0.320. The third-order valence-electron chi connectivity index (χ3n) is 5.30. The van der Waals surface area contributed by atoms with Crippen LogP contribution in [0.2, 0.25) is 10.0 Å². The molecule has 4 rings (SSSR count). The maximum absolute atomic E-state index is 12.9. The molecule has 1 saturated carbocycles. The van der Waals surface area contributed by atoms with Crippen LogP contribution in [0.25, 0.3) is 0 Å². The van der Waals surface area contributed by atoms with Gasteiger partial charge in [0.25, 0.3) is 5.56 Å². The fraction of sp³-hybridized carbons (Fsp3) is 0.474. The van der Waals surface area contributed by atoms with Gasteiger partial charge >= 0.3 is 0 Å². The highest BCUT2D eigenvalue weighted by atomic mass is 35.5. The number of halogens is 2. The molecule has 1 atom stereocenters. The quantitative estimate of drug-likeness (QED) is 0.653. The molecule has 1 aromatic carbocycles. The van der Waals surface area contributed by atoms with Crippen LogP contribution < -0.4 is 10.9 Å². The molecule has 5 nitrogen and oxygen atoms in total. The number of amides is 1. The summed E-state index contributed by atoms with van der Waals surface area (Å²) in [4.78, 5) is 25.3. The van der Waals surface area contributed by atoms with Crippen LogP contribution in [0.4, 0.5) is 5.82 Å².